The van der Waals surface area contributed by atoms with E-state index in [9.17, 15) is 13.6 Å². The third-order valence-corrected chi connectivity index (χ3v) is 3.94. The summed E-state index contributed by atoms with van der Waals surface area (Å²) in [7, 11) is 1.56. The molecule has 1 N–H and O–H groups in total. The number of rotatable bonds is 5. The van der Waals surface area contributed by atoms with Gasteiger partial charge in [-0.15, -0.1) is 0 Å². The molecule has 1 atom stereocenters. The molecule has 24 heavy (non-hydrogen) atoms. The van der Waals surface area contributed by atoms with Crippen molar-refractivity contribution in [3.63, 3.8) is 0 Å². The van der Waals surface area contributed by atoms with Crippen LogP contribution in [0.1, 0.15) is 12.1 Å². The summed E-state index contributed by atoms with van der Waals surface area (Å²) in [5.74, 6) is -1.11. The number of halogens is 2. The van der Waals surface area contributed by atoms with Crippen molar-refractivity contribution in [2.24, 2.45) is 0 Å². The van der Waals surface area contributed by atoms with Crippen LogP contribution in [0.3, 0.4) is 0 Å². The van der Waals surface area contributed by atoms with Crippen molar-refractivity contribution in [3.05, 3.63) is 53.9 Å². The Kier molecular flexibility index (Phi) is 4.71. The second kappa shape index (κ2) is 6.92. The molecule has 2 aromatic rings. The number of hydrogen-bond donors (Lipinski definition) is 1. The number of benzene rings is 1. The molecule has 3 rings (SSSR count). The minimum absolute atomic E-state index is 0.184. The van der Waals surface area contributed by atoms with Gasteiger partial charge >= 0.3 is 0 Å². The summed E-state index contributed by atoms with van der Waals surface area (Å²) in [4.78, 5) is 17.5. The van der Waals surface area contributed by atoms with E-state index in [-0.39, 0.29) is 30.6 Å². The molecular formula is C17H17F2N3O2. The average Bonchev–Trinajstić information content (AvgIpc) is 2.94. The number of carbonyl (C=O) groups is 1. The molecule has 1 unspecified atom stereocenters. The number of para-hydroxylation sites is 1. The van der Waals surface area contributed by atoms with E-state index in [4.69, 9.17) is 4.74 Å². The van der Waals surface area contributed by atoms with E-state index in [1.54, 1.807) is 19.4 Å². The topological polar surface area (TPSA) is 54.5 Å². The van der Waals surface area contributed by atoms with E-state index < -0.39 is 11.6 Å². The van der Waals surface area contributed by atoms with E-state index in [2.05, 4.69) is 10.3 Å². The Morgan fingerprint density at radius 3 is 2.67 bits per heavy atom. The predicted octanol–water partition coefficient (Wildman–Crippen LogP) is 2.26. The van der Waals surface area contributed by atoms with Crippen LogP contribution >= 0.6 is 0 Å². The largest absolute Gasteiger partial charge is 0.495 e. The lowest BCUT2D eigenvalue weighted by Gasteiger charge is -2.18. The van der Waals surface area contributed by atoms with Crippen LogP contribution in [-0.4, -0.2) is 30.6 Å². The lowest BCUT2D eigenvalue weighted by atomic mass is 10.2. The van der Waals surface area contributed by atoms with E-state index in [0.29, 0.717) is 12.3 Å². The number of nitrogens with one attached hydrogen (secondary N) is 1. The zero-order chi connectivity index (χ0) is 17.1. The van der Waals surface area contributed by atoms with Crippen molar-refractivity contribution < 1.29 is 18.3 Å². The van der Waals surface area contributed by atoms with E-state index in [0.717, 1.165) is 22.7 Å². The van der Waals surface area contributed by atoms with Crippen LogP contribution in [0.25, 0.3) is 0 Å². The van der Waals surface area contributed by atoms with Crippen molar-refractivity contribution >= 4 is 11.6 Å². The third kappa shape index (κ3) is 3.35. The maximum Gasteiger partial charge on any atom is 0.228 e. The predicted molar refractivity (Wildman–Crippen MR) is 84.7 cm³/mol. The summed E-state index contributed by atoms with van der Waals surface area (Å²) in [6.45, 7) is 0.669. The fraction of sp³-hybridized carbons (Fsp3) is 0.294. The quantitative estimate of drug-likeness (QED) is 0.912. The number of carbonyl (C=O) groups excluding carboxylic acids is 1. The summed E-state index contributed by atoms with van der Waals surface area (Å²) >= 11 is 0. The van der Waals surface area contributed by atoms with Gasteiger partial charge in [0.05, 0.1) is 19.0 Å². The number of ether oxygens (including phenoxy) is 1. The highest BCUT2D eigenvalue weighted by atomic mass is 19.1. The van der Waals surface area contributed by atoms with Crippen molar-refractivity contribution in [1.29, 1.82) is 0 Å². The molecular weight excluding hydrogens is 316 g/mol. The van der Waals surface area contributed by atoms with Gasteiger partial charge in [-0.05, 0) is 24.3 Å². The number of hydrogen-bond acceptors (Lipinski definition) is 4. The highest BCUT2D eigenvalue weighted by Crippen LogP contribution is 2.27. The summed E-state index contributed by atoms with van der Waals surface area (Å²) in [5, 5.41) is 3.19. The zero-order valence-electron chi connectivity index (χ0n) is 13.1. The maximum atomic E-state index is 13.8. The molecule has 1 aromatic heterocycles. The zero-order valence-corrected chi connectivity index (χ0v) is 13.1. The van der Waals surface area contributed by atoms with E-state index >= 15 is 0 Å². The van der Waals surface area contributed by atoms with Crippen LogP contribution in [0.2, 0.25) is 0 Å². The molecule has 5 nitrogen and oxygen atoms in total. The number of methoxy groups -OCH3 is 1. The standard InChI is InChI=1S/C17H17F2N3O2/c1-24-13-6-5-11(21-9-13)8-20-12-7-16(23)22(10-12)17-14(18)3-2-4-15(17)19/h2-6,9,12,20H,7-8,10H2,1H3. The Labute approximate surface area is 138 Å². The van der Waals surface area contributed by atoms with Gasteiger partial charge in [-0.25, -0.2) is 8.78 Å². The van der Waals surface area contributed by atoms with Gasteiger partial charge in [0, 0.05) is 25.6 Å². The molecule has 1 saturated heterocycles. The Morgan fingerprint density at radius 1 is 1.29 bits per heavy atom. The van der Waals surface area contributed by atoms with Crippen LogP contribution in [0.15, 0.2) is 36.5 Å². The SMILES string of the molecule is COc1ccc(CNC2CC(=O)N(c3c(F)cccc3F)C2)nc1. The van der Waals surface area contributed by atoms with E-state index in [1.807, 2.05) is 6.07 Å². The second-order valence-corrected chi connectivity index (χ2v) is 5.55. The summed E-state index contributed by atoms with van der Waals surface area (Å²) < 4.78 is 32.7. The lowest BCUT2D eigenvalue weighted by Crippen LogP contribution is -2.33. The summed E-state index contributed by atoms with van der Waals surface area (Å²) in [6.07, 6.45) is 1.79. The van der Waals surface area contributed by atoms with Crippen molar-refractivity contribution in [1.82, 2.24) is 10.3 Å². The van der Waals surface area contributed by atoms with Gasteiger partial charge in [-0.1, -0.05) is 6.07 Å². The number of aromatic nitrogens is 1. The highest BCUT2D eigenvalue weighted by molar-refractivity contribution is 5.96. The molecule has 0 bridgehead atoms. The Bertz CT molecular complexity index is 717. The Balaban J connectivity index is 1.64. The third-order valence-electron chi connectivity index (χ3n) is 3.94. The van der Waals surface area contributed by atoms with Crippen molar-refractivity contribution in [3.8, 4) is 5.75 Å². The van der Waals surface area contributed by atoms with Crippen LogP contribution in [0.4, 0.5) is 14.5 Å². The molecule has 2 heterocycles. The first-order chi connectivity index (χ1) is 11.6. The average molecular weight is 333 g/mol. The maximum absolute atomic E-state index is 13.8. The molecule has 1 aliphatic rings. The molecule has 1 aromatic carbocycles. The number of pyridine rings is 1. The minimum Gasteiger partial charge on any atom is -0.495 e. The number of anilines is 1. The van der Waals surface area contributed by atoms with Crippen LogP contribution in [-0.2, 0) is 11.3 Å². The summed E-state index contributed by atoms with van der Waals surface area (Å²) in [6, 6.07) is 6.99. The van der Waals surface area contributed by atoms with Gasteiger partial charge in [0.25, 0.3) is 0 Å². The molecule has 0 spiro atoms. The van der Waals surface area contributed by atoms with Gasteiger partial charge in [0.1, 0.15) is 23.1 Å². The molecule has 0 aliphatic carbocycles. The molecule has 126 valence electrons. The first-order valence-electron chi connectivity index (χ1n) is 7.55. The van der Waals surface area contributed by atoms with Gasteiger partial charge in [0.2, 0.25) is 5.91 Å². The second-order valence-electron chi connectivity index (χ2n) is 5.55. The van der Waals surface area contributed by atoms with E-state index in [1.165, 1.54) is 6.07 Å². The molecule has 7 heteroatoms. The van der Waals surface area contributed by atoms with Crippen LogP contribution in [0, 0.1) is 11.6 Å². The van der Waals surface area contributed by atoms with Gasteiger partial charge in [-0.3, -0.25) is 9.78 Å². The van der Waals surface area contributed by atoms with Crippen LogP contribution < -0.4 is 15.0 Å². The van der Waals surface area contributed by atoms with Gasteiger partial charge < -0.3 is 15.0 Å². The highest BCUT2D eigenvalue weighted by Gasteiger charge is 2.33. The van der Waals surface area contributed by atoms with Crippen molar-refractivity contribution in [2.45, 2.75) is 19.0 Å². The lowest BCUT2D eigenvalue weighted by molar-refractivity contribution is -0.117. The summed E-state index contributed by atoms with van der Waals surface area (Å²) in [5.41, 5.74) is 0.508. The minimum atomic E-state index is -0.735. The molecule has 1 amide bonds. The first-order valence-corrected chi connectivity index (χ1v) is 7.55. The first kappa shape index (κ1) is 16.3. The smallest absolute Gasteiger partial charge is 0.228 e. The van der Waals surface area contributed by atoms with Gasteiger partial charge in [-0.2, -0.15) is 0 Å². The molecule has 1 fully saturated rings. The molecule has 0 radical (unpaired) electrons. The van der Waals surface area contributed by atoms with Crippen LogP contribution in [0.5, 0.6) is 5.75 Å². The number of nitrogens with zero attached hydrogens (tertiary/aromatic N) is 2. The van der Waals surface area contributed by atoms with Crippen molar-refractivity contribution in [2.75, 3.05) is 18.6 Å². The van der Waals surface area contributed by atoms with Gasteiger partial charge in [0.15, 0.2) is 0 Å². The fourth-order valence-corrected chi connectivity index (χ4v) is 2.69. The Morgan fingerprint density at radius 2 is 2.04 bits per heavy atom. The molecule has 0 saturated carbocycles. The molecule has 1 aliphatic heterocycles. The monoisotopic (exact) mass is 333 g/mol. The fourth-order valence-electron chi connectivity index (χ4n) is 2.69. The number of amides is 1. The normalized spacial score (nSPS) is 17.4. The Hall–Kier alpha value is -2.54.